The molecule has 0 bridgehead atoms. The number of hydrogen-bond acceptors (Lipinski definition) is 5. The highest BCUT2D eigenvalue weighted by Crippen LogP contribution is 2.37. The molecular weight excluding hydrogens is 351 g/mol. The van der Waals surface area contributed by atoms with Crippen molar-refractivity contribution >= 4 is 5.91 Å². The molecule has 2 heterocycles. The lowest BCUT2D eigenvalue weighted by atomic mass is 10.0. The van der Waals surface area contributed by atoms with Crippen LogP contribution in [0.1, 0.15) is 11.3 Å². The molecule has 2 aromatic rings. The van der Waals surface area contributed by atoms with E-state index in [1.54, 1.807) is 12.1 Å². The zero-order valence-corrected chi connectivity index (χ0v) is 13.4. The Labute approximate surface area is 146 Å². The average Bonchev–Trinajstić information content (AvgIpc) is 2.61. The monoisotopic (exact) mass is 365 g/mol. The van der Waals surface area contributed by atoms with E-state index < -0.39 is 11.9 Å². The number of ether oxygens (including phenoxy) is 2. The van der Waals surface area contributed by atoms with E-state index in [4.69, 9.17) is 9.47 Å². The highest BCUT2D eigenvalue weighted by atomic mass is 19.4. The standard InChI is InChI=1S/C17H14F3N3O3/c1-2-14(24)21-11-8-10-4-3-5-12(16(10)25-9-11)26-15-7-6-13(22-23-15)17(18,19)20/h2-7,11H,1,8-9H2,(H,21,24). The van der Waals surface area contributed by atoms with Crippen LogP contribution in [-0.4, -0.2) is 28.8 Å². The van der Waals surface area contributed by atoms with Crippen LogP contribution >= 0.6 is 0 Å². The molecular formula is C17H14F3N3O3. The van der Waals surface area contributed by atoms with E-state index in [1.807, 2.05) is 6.07 Å². The van der Waals surface area contributed by atoms with Crippen molar-refractivity contribution in [1.82, 2.24) is 15.5 Å². The van der Waals surface area contributed by atoms with Crippen molar-refractivity contribution in [2.45, 2.75) is 18.6 Å². The molecule has 0 aliphatic carbocycles. The van der Waals surface area contributed by atoms with Crippen molar-refractivity contribution in [3.05, 3.63) is 54.2 Å². The molecule has 1 N–H and O–H groups in total. The van der Waals surface area contributed by atoms with Gasteiger partial charge in [0.15, 0.2) is 17.2 Å². The molecule has 1 aliphatic rings. The number of carbonyl (C=O) groups excluding carboxylic acids is 1. The van der Waals surface area contributed by atoms with Crippen LogP contribution in [0.2, 0.25) is 0 Å². The molecule has 0 spiro atoms. The third kappa shape index (κ3) is 3.93. The summed E-state index contributed by atoms with van der Waals surface area (Å²) in [5.41, 5.74) is -0.306. The molecule has 1 amide bonds. The van der Waals surface area contributed by atoms with Crippen LogP contribution in [0.4, 0.5) is 13.2 Å². The molecule has 136 valence electrons. The van der Waals surface area contributed by atoms with Gasteiger partial charge in [0.2, 0.25) is 11.8 Å². The van der Waals surface area contributed by atoms with Crippen molar-refractivity contribution in [2.75, 3.05) is 6.61 Å². The zero-order chi connectivity index (χ0) is 18.7. The summed E-state index contributed by atoms with van der Waals surface area (Å²) in [5, 5.41) is 9.30. The number of para-hydroxylation sites is 1. The molecule has 3 rings (SSSR count). The smallest absolute Gasteiger partial charge is 0.435 e. The summed E-state index contributed by atoms with van der Waals surface area (Å²) in [5.74, 6) is 0.384. The fraction of sp³-hybridized carbons (Fsp3) is 0.235. The van der Waals surface area contributed by atoms with Crippen molar-refractivity contribution in [2.24, 2.45) is 0 Å². The second-order valence-electron chi connectivity index (χ2n) is 5.53. The highest BCUT2D eigenvalue weighted by molar-refractivity contribution is 5.87. The van der Waals surface area contributed by atoms with Crippen LogP contribution in [0, 0.1) is 0 Å². The number of benzene rings is 1. The number of amides is 1. The minimum atomic E-state index is -4.56. The highest BCUT2D eigenvalue weighted by Gasteiger charge is 2.33. The second kappa shape index (κ2) is 7.03. The molecule has 1 aromatic carbocycles. The molecule has 26 heavy (non-hydrogen) atoms. The SMILES string of the molecule is C=CC(=O)NC1COc2c(cccc2Oc2ccc(C(F)(F)F)nn2)C1. The Bertz CT molecular complexity index is 822. The third-order valence-electron chi connectivity index (χ3n) is 3.63. The minimum absolute atomic E-state index is 0.0860. The van der Waals surface area contributed by atoms with Gasteiger partial charge in [-0.25, -0.2) is 0 Å². The summed E-state index contributed by atoms with van der Waals surface area (Å²) in [6.07, 6.45) is -2.87. The molecule has 1 atom stereocenters. The number of nitrogens with zero attached hydrogens (tertiary/aromatic N) is 2. The van der Waals surface area contributed by atoms with E-state index in [1.165, 1.54) is 6.08 Å². The van der Waals surface area contributed by atoms with Crippen LogP contribution in [0.5, 0.6) is 17.4 Å². The van der Waals surface area contributed by atoms with Gasteiger partial charge >= 0.3 is 6.18 Å². The molecule has 1 aromatic heterocycles. The van der Waals surface area contributed by atoms with Crippen LogP contribution in [0.3, 0.4) is 0 Å². The summed E-state index contributed by atoms with van der Waals surface area (Å²) in [6, 6.07) is 6.81. The Kier molecular flexibility index (Phi) is 4.79. The van der Waals surface area contributed by atoms with Crippen molar-refractivity contribution < 1.29 is 27.4 Å². The van der Waals surface area contributed by atoms with Gasteiger partial charge in [0.05, 0.1) is 6.04 Å². The zero-order valence-electron chi connectivity index (χ0n) is 13.4. The van der Waals surface area contributed by atoms with Gasteiger partial charge in [-0.05, 0) is 24.6 Å². The summed E-state index contributed by atoms with van der Waals surface area (Å²) in [7, 11) is 0. The Morgan fingerprint density at radius 3 is 2.77 bits per heavy atom. The van der Waals surface area contributed by atoms with Crippen LogP contribution in [-0.2, 0) is 17.4 Å². The fourth-order valence-electron chi connectivity index (χ4n) is 2.47. The molecule has 1 unspecified atom stereocenters. The van der Waals surface area contributed by atoms with Gasteiger partial charge in [-0.1, -0.05) is 18.7 Å². The average molecular weight is 365 g/mol. The number of fused-ring (bicyclic) bond motifs is 1. The number of nitrogens with one attached hydrogen (secondary N) is 1. The summed E-state index contributed by atoms with van der Waals surface area (Å²) in [6.45, 7) is 3.62. The minimum Gasteiger partial charge on any atom is -0.487 e. The van der Waals surface area contributed by atoms with Crippen molar-refractivity contribution in [1.29, 1.82) is 0 Å². The molecule has 0 saturated heterocycles. The Hall–Kier alpha value is -3.10. The first-order chi connectivity index (χ1) is 12.4. The first kappa shape index (κ1) is 17.7. The van der Waals surface area contributed by atoms with Gasteiger partial charge in [0.25, 0.3) is 0 Å². The predicted octanol–water partition coefficient (Wildman–Crippen LogP) is 2.89. The number of halogens is 3. The third-order valence-corrected chi connectivity index (χ3v) is 3.63. The molecule has 1 aliphatic heterocycles. The van der Waals surface area contributed by atoms with E-state index in [0.29, 0.717) is 17.9 Å². The lowest BCUT2D eigenvalue weighted by molar-refractivity contribution is -0.141. The quantitative estimate of drug-likeness (QED) is 0.844. The molecule has 0 radical (unpaired) electrons. The maximum absolute atomic E-state index is 12.5. The van der Waals surface area contributed by atoms with Gasteiger partial charge in [0, 0.05) is 11.6 Å². The Morgan fingerprint density at radius 2 is 2.12 bits per heavy atom. The summed E-state index contributed by atoms with van der Waals surface area (Å²) < 4.78 is 48.7. The van der Waals surface area contributed by atoms with Gasteiger partial charge < -0.3 is 14.8 Å². The maximum Gasteiger partial charge on any atom is 0.435 e. The first-order valence-electron chi connectivity index (χ1n) is 7.63. The molecule has 0 fully saturated rings. The van der Waals surface area contributed by atoms with Gasteiger partial charge in [0.1, 0.15) is 6.61 Å². The maximum atomic E-state index is 12.5. The van der Waals surface area contributed by atoms with Crippen LogP contribution in [0.15, 0.2) is 43.0 Å². The Morgan fingerprint density at radius 1 is 1.31 bits per heavy atom. The van der Waals surface area contributed by atoms with E-state index in [9.17, 15) is 18.0 Å². The van der Waals surface area contributed by atoms with Gasteiger partial charge in [-0.2, -0.15) is 13.2 Å². The van der Waals surface area contributed by atoms with Gasteiger partial charge in [-0.3, -0.25) is 4.79 Å². The van der Waals surface area contributed by atoms with E-state index in [0.717, 1.165) is 17.7 Å². The predicted molar refractivity (Wildman–Crippen MR) is 84.9 cm³/mol. The van der Waals surface area contributed by atoms with E-state index in [2.05, 4.69) is 22.1 Å². The fourth-order valence-corrected chi connectivity index (χ4v) is 2.47. The number of hydrogen-bond donors (Lipinski definition) is 1. The summed E-state index contributed by atoms with van der Waals surface area (Å²) >= 11 is 0. The number of rotatable bonds is 4. The lowest BCUT2D eigenvalue weighted by Gasteiger charge is -2.26. The van der Waals surface area contributed by atoms with Crippen LogP contribution in [0.25, 0.3) is 0 Å². The Balaban J connectivity index is 1.76. The van der Waals surface area contributed by atoms with Crippen LogP contribution < -0.4 is 14.8 Å². The normalized spacial score (nSPS) is 16.2. The number of carbonyl (C=O) groups is 1. The van der Waals surface area contributed by atoms with Crippen molar-refractivity contribution in [3.63, 3.8) is 0 Å². The molecule has 9 heteroatoms. The van der Waals surface area contributed by atoms with Crippen molar-refractivity contribution in [3.8, 4) is 17.4 Å². The van der Waals surface area contributed by atoms with E-state index >= 15 is 0 Å². The first-order valence-corrected chi connectivity index (χ1v) is 7.63. The second-order valence-corrected chi connectivity index (χ2v) is 5.53. The number of aromatic nitrogens is 2. The lowest BCUT2D eigenvalue weighted by Crippen LogP contribution is -2.42. The van der Waals surface area contributed by atoms with E-state index in [-0.39, 0.29) is 24.4 Å². The topological polar surface area (TPSA) is 73.3 Å². The molecule has 0 saturated carbocycles. The summed E-state index contributed by atoms with van der Waals surface area (Å²) in [4.78, 5) is 11.4. The number of alkyl halides is 3. The largest absolute Gasteiger partial charge is 0.487 e. The molecule has 6 nitrogen and oxygen atoms in total. The van der Waals surface area contributed by atoms with Gasteiger partial charge in [-0.15, -0.1) is 10.2 Å².